The highest BCUT2D eigenvalue weighted by Gasteiger charge is 2.21. The number of rotatable bonds is 1. The van der Waals surface area contributed by atoms with Crippen LogP contribution in [-0.4, -0.2) is 23.4 Å². The second-order valence-corrected chi connectivity index (χ2v) is 4.55. The van der Waals surface area contributed by atoms with E-state index in [1.54, 1.807) is 18.3 Å². The van der Waals surface area contributed by atoms with Gasteiger partial charge in [-0.15, -0.1) is 0 Å². The average Bonchev–Trinajstić information content (AvgIpc) is 2.92. The second-order valence-electron chi connectivity index (χ2n) is 4.55. The first-order valence-corrected chi connectivity index (χ1v) is 6.39. The molecule has 20 heavy (non-hydrogen) atoms. The maximum atomic E-state index is 12.0. The lowest BCUT2D eigenvalue weighted by atomic mass is 10.2. The SMILES string of the molecule is NC(=NC(=O)c1cccnc1)N1CCc2ccccc21. The Morgan fingerprint density at radius 3 is 2.90 bits per heavy atom. The Hall–Kier alpha value is -2.69. The van der Waals surface area contributed by atoms with Crippen molar-refractivity contribution in [3.63, 3.8) is 0 Å². The topological polar surface area (TPSA) is 71.6 Å². The molecule has 2 N–H and O–H groups in total. The van der Waals surface area contributed by atoms with Gasteiger partial charge in [-0.1, -0.05) is 18.2 Å². The first kappa shape index (κ1) is 12.3. The van der Waals surface area contributed by atoms with Crippen LogP contribution in [0.2, 0.25) is 0 Å². The standard InChI is InChI=1S/C15H14N4O/c16-15(18-14(20)12-5-3-8-17-10-12)19-9-7-11-4-1-2-6-13(11)19/h1-6,8,10H,7,9H2,(H2,16,18,20). The number of hydrogen-bond donors (Lipinski definition) is 1. The van der Waals surface area contributed by atoms with E-state index in [9.17, 15) is 4.79 Å². The number of nitrogens with two attached hydrogens (primary N) is 1. The molecule has 0 atom stereocenters. The summed E-state index contributed by atoms with van der Waals surface area (Å²) < 4.78 is 0. The fourth-order valence-corrected chi connectivity index (χ4v) is 2.29. The molecule has 1 amide bonds. The quantitative estimate of drug-likeness (QED) is 0.628. The van der Waals surface area contributed by atoms with E-state index < -0.39 is 0 Å². The van der Waals surface area contributed by atoms with Crippen LogP contribution < -0.4 is 10.6 Å². The normalized spacial score (nSPS) is 14.2. The largest absolute Gasteiger partial charge is 0.369 e. The number of pyridine rings is 1. The van der Waals surface area contributed by atoms with E-state index in [1.165, 1.54) is 11.8 Å². The van der Waals surface area contributed by atoms with E-state index in [-0.39, 0.29) is 11.9 Å². The second kappa shape index (κ2) is 5.13. The molecule has 1 aliphatic heterocycles. The molecule has 3 rings (SSSR count). The van der Waals surface area contributed by atoms with Gasteiger partial charge >= 0.3 is 0 Å². The van der Waals surface area contributed by atoms with Gasteiger partial charge in [0, 0.05) is 24.6 Å². The molecule has 0 unspecified atom stereocenters. The van der Waals surface area contributed by atoms with Crippen molar-refractivity contribution < 1.29 is 4.79 Å². The fraction of sp³-hybridized carbons (Fsp3) is 0.133. The minimum Gasteiger partial charge on any atom is -0.369 e. The van der Waals surface area contributed by atoms with Gasteiger partial charge in [0.15, 0.2) is 0 Å². The van der Waals surface area contributed by atoms with Gasteiger partial charge < -0.3 is 10.6 Å². The van der Waals surface area contributed by atoms with E-state index in [0.717, 1.165) is 18.7 Å². The van der Waals surface area contributed by atoms with E-state index in [4.69, 9.17) is 5.73 Å². The van der Waals surface area contributed by atoms with E-state index in [0.29, 0.717) is 5.56 Å². The summed E-state index contributed by atoms with van der Waals surface area (Å²) in [5.74, 6) is -0.149. The Balaban J connectivity index is 1.85. The summed E-state index contributed by atoms with van der Waals surface area (Å²) in [4.78, 5) is 21.7. The number of benzene rings is 1. The van der Waals surface area contributed by atoms with Crippen LogP contribution in [0.15, 0.2) is 53.8 Å². The van der Waals surface area contributed by atoms with Crippen molar-refractivity contribution in [3.05, 3.63) is 59.9 Å². The molecule has 5 nitrogen and oxygen atoms in total. The number of nitrogens with zero attached hydrogens (tertiary/aromatic N) is 3. The number of aliphatic imine (C=N–C) groups is 1. The van der Waals surface area contributed by atoms with Gasteiger partial charge in [0.05, 0.1) is 5.56 Å². The highest BCUT2D eigenvalue weighted by molar-refractivity contribution is 6.07. The highest BCUT2D eigenvalue weighted by Crippen LogP contribution is 2.26. The zero-order valence-corrected chi connectivity index (χ0v) is 10.9. The molecule has 0 radical (unpaired) electrons. The maximum absolute atomic E-state index is 12.0. The predicted molar refractivity (Wildman–Crippen MR) is 77.7 cm³/mol. The van der Waals surface area contributed by atoms with Crippen molar-refractivity contribution in [2.45, 2.75) is 6.42 Å². The molecular formula is C15H14N4O. The van der Waals surface area contributed by atoms with Gasteiger partial charge in [-0.25, -0.2) is 0 Å². The van der Waals surface area contributed by atoms with Crippen LogP contribution in [-0.2, 0) is 6.42 Å². The number of guanidine groups is 1. The van der Waals surface area contributed by atoms with Crippen LogP contribution in [0.4, 0.5) is 5.69 Å². The molecule has 0 aliphatic carbocycles. The number of anilines is 1. The summed E-state index contributed by atoms with van der Waals surface area (Å²) in [5, 5.41) is 0. The van der Waals surface area contributed by atoms with Crippen molar-refractivity contribution in [3.8, 4) is 0 Å². The Bertz CT molecular complexity index is 667. The molecular weight excluding hydrogens is 252 g/mol. The molecule has 1 aliphatic rings. The predicted octanol–water partition coefficient (Wildman–Crippen LogP) is 1.60. The Morgan fingerprint density at radius 1 is 1.25 bits per heavy atom. The number of aromatic nitrogens is 1. The summed E-state index contributed by atoms with van der Waals surface area (Å²) in [6, 6.07) is 11.4. The van der Waals surface area contributed by atoms with Crippen molar-refractivity contribution in [2.75, 3.05) is 11.4 Å². The smallest absolute Gasteiger partial charge is 0.281 e. The molecule has 100 valence electrons. The van der Waals surface area contributed by atoms with Crippen LogP contribution in [0.1, 0.15) is 15.9 Å². The van der Waals surface area contributed by atoms with Crippen LogP contribution >= 0.6 is 0 Å². The molecule has 0 spiro atoms. The van der Waals surface area contributed by atoms with E-state index in [2.05, 4.69) is 16.0 Å². The zero-order valence-electron chi connectivity index (χ0n) is 10.9. The number of carbonyl (C=O) groups excluding carboxylic acids is 1. The summed E-state index contributed by atoms with van der Waals surface area (Å²) >= 11 is 0. The van der Waals surface area contributed by atoms with Crippen LogP contribution in [0, 0.1) is 0 Å². The highest BCUT2D eigenvalue weighted by atomic mass is 16.1. The molecule has 2 aromatic rings. The molecule has 0 bridgehead atoms. The van der Waals surface area contributed by atoms with Gasteiger partial charge in [-0.2, -0.15) is 4.99 Å². The van der Waals surface area contributed by atoms with Crippen molar-refractivity contribution in [1.29, 1.82) is 0 Å². The van der Waals surface area contributed by atoms with Gasteiger partial charge in [-0.3, -0.25) is 9.78 Å². The molecule has 0 saturated heterocycles. The van der Waals surface area contributed by atoms with Crippen LogP contribution in [0.25, 0.3) is 0 Å². The Labute approximate surface area is 116 Å². The van der Waals surface area contributed by atoms with Gasteiger partial charge in [-0.05, 0) is 30.2 Å². The minimum absolute atomic E-state index is 0.226. The fourth-order valence-electron chi connectivity index (χ4n) is 2.29. The first-order valence-electron chi connectivity index (χ1n) is 6.39. The van der Waals surface area contributed by atoms with E-state index >= 15 is 0 Å². The third-order valence-electron chi connectivity index (χ3n) is 3.29. The molecule has 1 aromatic carbocycles. The number of hydrogen-bond acceptors (Lipinski definition) is 2. The number of para-hydroxylation sites is 1. The number of carbonyl (C=O) groups is 1. The lowest BCUT2D eigenvalue weighted by Crippen LogP contribution is -2.36. The summed E-state index contributed by atoms with van der Waals surface area (Å²) in [7, 11) is 0. The van der Waals surface area contributed by atoms with Crippen molar-refractivity contribution in [2.24, 2.45) is 10.7 Å². The molecule has 2 heterocycles. The van der Waals surface area contributed by atoms with Crippen LogP contribution in [0.5, 0.6) is 0 Å². The Morgan fingerprint density at radius 2 is 2.10 bits per heavy atom. The average molecular weight is 266 g/mol. The monoisotopic (exact) mass is 266 g/mol. The van der Waals surface area contributed by atoms with Crippen molar-refractivity contribution >= 4 is 17.6 Å². The lowest BCUT2D eigenvalue weighted by molar-refractivity contribution is 0.100. The zero-order chi connectivity index (χ0) is 13.9. The number of fused-ring (bicyclic) bond motifs is 1. The lowest BCUT2D eigenvalue weighted by Gasteiger charge is -2.17. The summed E-state index contributed by atoms with van der Waals surface area (Å²) in [6.45, 7) is 0.745. The maximum Gasteiger partial charge on any atom is 0.281 e. The number of amides is 1. The Kier molecular flexibility index (Phi) is 3.16. The third kappa shape index (κ3) is 2.25. The summed E-state index contributed by atoms with van der Waals surface area (Å²) in [6.07, 6.45) is 4.01. The molecule has 0 saturated carbocycles. The van der Waals surface area contributed by atoms with Gasteiger partial charge in [0.1, 0.15) is 0 Å². The molecule has 1 aromatic heterocycles. The third-order valence-corrected chi connectivity index (χ3v) is 3.29. The van der Waals surface area contributed by atoms with Crippen LogP contribution in [0.3, 0.4) is 0 Å². The summed E-state index contributed by atoms with van der Waals surface area (Å²) in [5.41, 5.74) is 8.64. The molecule has 0 fully saturated rings. The van der Waals surface area contributed by atoms with Crippen molar-refractivity contribution in [1.82, 2.24) is 4.98 Å². The van der Waals surface area contributed by atoms with E-state index in [1.807, 2.05) is 23.1 Å². The molecule has 5 heteroatoms. The minimum atomic E-state index is -0.375. The first-order chi connectivity index (χ1) is 9.75. The van der Waals surface area contributed by atoms with Gasteiger partial charge in [0.25, 0.3) is 5.91 Å². The van der Waals surface area contributed by atoms with Gasteiger partial charge in [0.2, 0.25) is 5.96 Å².